The Morgan fingerprint density at radius 3 is 2.57 bits per heavy atom. The first-order valence-electron chi connectivity index (χ1n) is 8.75. The second-order valence-corrected chi connectivity index (χ2v) is 7.34. The van der Waals surface area contributed by atoms with Crippen molar-refractivity contribution in [3.63, 3.8) is 0 Å². The van der Waals surface area contributed by atoms with Crippen LogP contribution in [-0.2, 0) is 6.61 Å². The molecule has 0 atom stereocenters. The third kappa shape index (κ3) is 5.49. The zero-order valence-corrected chi connectivity index (χ0v) is 18.2. The molecule has 0 saturated carbocycles. The zero-order valence-electron chi connectivity index (χ0n) is 15.8. The van der Waals surface area contributed by atoms with E-state index in [0.717, 1.165) is 15.6 Å². The van der Waals surface area contributed by atoms with Gasteiger partial charge in [-0.05, 0) is 46.3 Å². The van der Waals surface area contributed by atoms with Gasteiger partial charge in [-0.25, -0.2) is 0 Å². The molecule has 154 valence electrons. The van der Waals surface area contributed by atoms with Crippen LogP contribution in [0.1, 0.15) is 11.1 Å². The van der Waals surface area contributed by atoms with E-state index in [9.17, 15) is 10.1 Å². The van der Waals surface area contributed by atoms with E-state index in [2.05, 4.69) is 26.5 Å². The molecule has 3 rings (SSSR count). The summed E-state index contributed by atoms with van der Waals surface area (Å²) >= 11 is 9.68. The summed E-state index contributed by atoms with van der Waals surface area (Å²) in [5, 5.41) is 15.5. The first kappa shape index (κ1) is 21.6. The number of nitrogens with zero attached hydrogens (tertiary/aromatic N) is 2. The number of benzene rings is 3. The van der Waals surface area contributed by atoms with Crippen LogP contribution in [0.3, 0.4) is 0 Å². The number of rotatable bonds is 8. The monoisotopic (exact) mass is 489 g/mol. The van der Waals surface area contributed by atoms with Crippen LogP contribution in [0.2, 0.25) is 5.02 Å². The van der Waals surface area contributed by atoms with Gasteiger partial charge in [-0.3, -0.25) is 15.5 Å². The third-order valence-corrected chi connectivity index (χ3v) is 5.15. The summed E-state index contributed by atoms with van der Waals surface area (Å²) in [6, 6.07) is 17.0. The minimum Gasteiger partial charge on any atom is -0.493 e. The first-order valence-corrected chi connectivity index (χ1v) is 9.92. The standard InChI is InChI=1S/C21H17BrClN3O4/c1-29-20-10-15(12-24-25-16-6-8-17(9-7-16)26(27)28)18(22)11-21(20)30-13-14-4-2-3-5-19(14)23/h2-12,25H,13H2,1H3/b24-12-. The molecule has 1 N–H and O–H groups in total. The number of methoxy groups -OCH3 is 1. The largest absolute Gasteiger partial charge is 0.493 e. The lowest BCUT2D eigenvalue weighted by atomic mass is 10.2. The Labute approximate surface area is 186 Å². The number of nitro benzene ring substituents is 1. The molecule has 0 unspecified atom stereocenters. The van der Waals surface area contributed by atoms with Gasteiger partial charge in [-0.15, -0.1) is 0 Å². The highest BCUT2D eigenvalue weighted by molar-refractivity contribution is 9.10. The molecule has 0 bridgehead atoms. The second-order valence-electron chi connectivity index (χ2n) is 6.08. The fraction of sp³-hybridized carbons (Fsp3) is 0.0952. The van der Waals surface area contributed by atoms with Crippen LogP contribution in [0.15, 0.2) is 70.2 Å². The Bertz CT molecular complexity index is 1070. The van der Waals surface area contributed by atoms with Gasteiger partial charge in [0.1, 0.15) is 6.61 Å². The summed E-state index contributed by atoms with van der Waals surface area (Å²) < 4.78 is 12.1. The van der Waals surface area contributed by atoms with Crippen molar-refractivity contribution in [1.29, 1.82) is 0 Å². The summed E-state index contributed by atoms with van der Waals surface area (Å²) in [6.07, 6.45) is 1.60. The van der Waals surface area contributed by atoms with Crippen LogP contribution in [0.25, 0.3) is 0 Å². The number of nitro groups is 1. The summed E-state index contributed by atoms with van der Waals surface area (Å²) in [5.74, 6) is 1.10. The van der Waals surface area contributed by atoms with E-state index in [1.54, 1.807) is 37.6 Å². The molecule has 0 aliphatic heterocycles. The lowest BCUT2D eigenvalue weighted by Gasteiger charge is -2.13. The molecule has 0 amide bonds. The Morgan fingerprint density at radius 1 is 1.17 bits per heavy atom. The number of halogens is 2. The molecule has 0 radical (unpaired) electrons. The molecule has 0 aliphatic carbocycles. The van der Waals surface area contributed by atoms with Gasteiger partial charge in [-0.1, -0.05) is 29.8 Å². The third-order valence-electron chi connectivity index (χ3n) is 4.10. The molecule has 3 aromatic rings. The molecule has 9 heteroatoms. The predicted molar refractivity (Wildman–Crippen MR) is 121 cm³/mol. The summed E-state index contributed by atoms with van der Waals surface area (Å²) in [5.41, 5.74) is 5.10. The number of hydrogen-bond donors (Lipinski definition) is 1. The van der Waals surface area contributed by atoms with Crippen molar-refractivity contribution >= 4 is 45.1 Å². The highest BCUT2D eigenvalue weighted by Crippen LogP contribution is 2.34. The van der Waals surface area contributed by atoms with Crippen molar-refractivity contribution in [1.82, 2.24) is 0 Å². The van der Waals surface area contributed by atoms with Crippen LogP contribution in [0.5, 0.6) is 11.5 Å². The van der Waals surface area contributed by atoms with Crippen molar-refractivity contribution in [3.8, 4) is 11.5 Å². The lowest BCUT2D eigenvalue weighted by Crippen LogP contribution is -2.00. The van der Waals surface area contributed by atoms with Crippen LogP contribution in [0, 0.1) is 10.1 Å². The highest BCUT2D eigenvalue weighted by Gasteiger charge is 2.11. The van der Waals surface area contributed by atoms with Crippen LogP contribution >= 0.6 is 27.5 Å². The van der Waals surface area contributed by atoms with E-state index < -0.39 is 4.92 Å². The minimum atomic E-state index is -0.453. The van der Waals surface area contributed by atoms with E-state index in [4.69, 9.17) is 21.1 Å². The van der Waals surface area contributed by atoms with Gasteiger partial charge in [0.25, 0.3) is 5.69 Å². The molecular formula is C21H17BrClN3O4. The van der Waals surface area contributed by atoms with Gasteiger partial charge < -0.3 is 9.47 Å². The molecule has 0 heterocycles. The van der Waals surface area contributed by atoms with Crippen molar-refractivity contribution in [2.75, 3.05) is 12.5 Å². The molecule has 0 saturated heterocycles. The summed E-state index contributed by atoms with van der Waals surface area (Å²) in [7, 11) is 1.56. The van der Waals surface area contributed by atoms with Crippen LogP contribution in [0.4, 0.5) is 11.4 Å². The summed E-state index contributed by atoms with van der Waals surface area (Å²) in [6.45, 7) is 0.303. The molecule has 30 heavy (non-hydrogen) atoms. The van der Waals surface area contributed by atoms with E-state index in [0.29, 0.717) is 28.8 Å². The predicted octanol–water partition coefficient (Wildman–Crippen LogP) is 6.04. The molecule has 0 spiro atoms. The van der Waals surface area contributed by atoms with Crippen LogP contribution in [-0.4, -0.2) is 18.2 Å². The van der Waals surface area contributed by atoms with Gasteiger partial charge >= 0.3 is 0 Å². The van der Waals surface area contributed by atoms with Crippen molar-refractivity contribution < 1.29 is 14.4 Å². The van der Waals surface area contributed by atoms with E-state index in [-0.39, 0.29) is 5.69 Å². The number of nitrogens with one attached hydrogen (secondary N) is 1. The van der Waals surface area contributed by atoms with Gasteiger partial charge in [0.2, 0.25) is 0 Å². The minimum absolute atomic E-state index is 0.0180. The van der Waals surface area contributed by atoms with Gasteiger partial charge in [0.05, 0.1) is 23.9 Å². The maximum absolute atomic E-state index is 10.7. The number of anilines is 1. The smallest absolute Gasteiger partial charge is 0.269 e. The second kappa shape index (κ2) is 10.1. The normalized spacial score (nSPS) is 10.8. The molecule has 7 nitrogen and oxygen atoms in total. The van der Waals surface area contributed by atoms with Crippen molar-refractivity contribution in [2.24, 2.45) is 5.10 Å². The fourth-order valence-corrected chi connectivity index (χ4v) is 3.14. The molecule has 0 aromatic heterocycles. The Hall–Kier alpha value is -3.10. The lowest BCUT2D eigenvalue weighted by molar-refractivity contribution is -0.384. The van der Waals surface area contributed by atoms with E-state index >= 15 is 0 Å². The average Bonchev–Trinajstić information content (AvgIpc) is 2.74. The topological polar surface area (TPSA) is 86.0 Å². The molecule has 0 fully saturated rings. The van der Waals surface area contributed by atoms with Crippen LogP contribution < -0.4 is 14.9 Å². The SMILES string of the molecule is COc1cc(/C=N\Nc2ccc([N+](=O)[O-])cc2)c(Br)cc1OCc1ccccc1Cl. The Balaban J connectivity index is 1.70. The number of hydrogen-bond acceptors (Lipinski definition) is 6. The Kier molecular flexibility index (Phi) is 7.26. The quantitative estimate of drug-likeness (QED) is 0.236. The zero-order chi connectivity index (χ0) is 21.5. The number of hydrazone groups is 1. The highest BCUT2D eigenvalue weighted by atomic mass is 79.9. The van der Waals surface area contributed by atoms with E-state index in [1.807, 2.05) is 24.3 Å². The number of ether oxygens (including phenoxy) is 2. The van der Waals surface area contributed by atoms with Crippen molar-refractivity contribution in [3.05, 3.63) is 91.4 Å². The van der Waals surface area contributed by atoms with Gasteiger partial charge in [0.15, 0.2) is 11.5 Å². The molecular weight excluding hydrogens is 474 g/mol. The summed E-state index contributed by atoms with van der Waals surface area (Å²) in [4.78, 5) is 10.2. The molecule has 3 aromatic carbocycles. The van der Waals surface area contributed by atoms with Gasteiger partial charge in [-0.2, -0.15) is 5.10 Å². The van der Waals surface area contributed by atoms with E-state index in [1.165, 1.54) is 12.1 Å². The van der Waals surface area contributed by atoms with Crippen molar-refractivity contribution in [2.45, 2.75) is 6.61 Å². The maximum atomic E-state index is 10.7. The fourth-order valence-electron chi connectivity index (χ4n) is 2.53. The first-order chi connectivity index (χ1) is 14.5. The average molecular weight is 491 g/mol. The molecule has 0 aliphatic rings. The number of non-ortho nitro benzene ring substituents is 1. The van der Waals surface area contributed by atoms with Gasteiger partial charge in [0, 0.05) is 32.8 Å². The maximum Gasteiger partial charge on any atom is 0.269 e. The Morgan fingerprint density at radius 2 is 1.90 bits per heavy atom.